The fourth-order valence-corrected chi connectivity index (χ4v) is 2.27. The van der Waals surface area contributed by atoms with Gasteiger partial charge in [0.1, 0.15) is 0 Å². The van der Waals surface area contributed by atoms with Crippen molar-refractivity contribution < 1.29 is 18.0 Å². The van der Waals surface area contributed by atoms with Crippen LogP contribution < -0.4 is 10.6 Å². The van der Waals surface area contributed by atoms with Gasteiger partial charge in [-0.3, -0.25) is 9.69 Å². The van der Waals surface area contributed by atoms with Crippen molar-refractivity contribution in [3.8, 4) is 0 Å². The molecule has 0 aliphatic heterocycles. The second kappa shape index (κ2) is 10.8. The molecule has 9 heteroatoms. The third-order valence-corrected chi connectivity index (χ3v) is 3.61. The maximum Gasteiger partial charge on any atom is 0.401 e. The molecule has 0 saturated heterocycles. The molecule has 27 heavy (non-hydrogen) atoms. The van der Waals surface area contributed by atoms with Crippen LogP contribution in [0.5, 0.6) is 0 Å². The van der Waals surface area contributed by atoms with Crippen molar-refractivity contribution >= 4 is 11.9 Å². The summed E-state index contributed by atoms with van der Waals surface area (Å²) in [5, 5.41) is 6.08. The molecule has 1 aromatic carbocycles. The first-order chi connectivity index (χ1) is 12.6. The Labute approximate surface area is 158 Å². The van der Waals surface area contributed by atoms with Gasteiger partial charge in [-0.05, 0) is 31.7 Å². The number of hydrogen-bond acceptors (Lipinski definition) is 3. The monoisotopic (exact) mass is 387 g/mol. The molecular formula is C18H28F3N5O. The number of amides is 1. The molecule has 152 valence electrons. The molecule has 2 N–H and O–H groups in total. The number of carbonyl (C=O) groups excluding carboxylic acids is 1. The second-order valence-corrected chi connectivity index (χ2v) is 6.37. The predicted molar refractivity (Wildman–Crippen MR) is 101 cm³/mol. The Bertz CT molecular complexity index is 614. The van der Waals surface area contributed by atoms with Crippen molar-refractivity contribution in [1.29, 1.82) is 0 Å². The molecule has 0 radical (unpaired) electrons. The normalized spacial score (nSPS) is 12.2. The number of nitrogens with zero attached hydrogens (tertiary/aromatic N) is 3. The van der Waals surface area contributed by atoms with E-state index in [2.05, 4.69) is 15.6 Å². The Kier molecular flexibility index (Phi) is 9.07. The van der Waals surface area contributed by atoms with Gasteiger partial charge in [-0.2, -0.15) is 13.2 Å². The molecule has 0 spiro atoms. The number of halogens is 3. The summed E-state index contributed by atoms with van der Waals surface area (Å²) in [5.74, 6) is 0.467. The summed E-state index contributed by atoms with van der Waals surface area (Å²) >= 11 is 0. The lowest BCUT2D eigenvalue weighted by atomic mass is 10.1. The van der Waals surface area contributed by atoms with E-state index in [-0.39, 0.29) is 12.5 Å². The number of alkyl halides is 3. The first-order valence-corrected chi connectivity index (χ1v) is 8.70. The van der Waals surface area contributed by atoms with Crippen molar-refractivity contribution in [3.63, 3.8) is 0 Å². The van der Waals surface area contributed by atoms with Gasteiger partial charge in [0.15, 0.2) is 5.96 Å². The Morgan fingerprint density at radius 2 is 1.74 bits per heavy atom. The van der Waals surface area contributed by atoms with Crippen LogP contribution in [-0.4, -0.2) is 75.2 Å². The van der Waals surface area contributed by atoms with Gasteiger partial charge in [-0.25, -0.2) is 4.99 Å². The molecule has 0 fully saturated rings. The summed E-state index contributed by atoms with van der Waals surface area (Å²) in [6, 6.07) is 7.17. The Morgan fingerprint density at radius 1 is 1.11 bits per heavy atom. The number of aliphatic imine (C=N–C) groups is 1. The van der Waals surface area contributed by atoms with Crippen LogP contribution in [-0.2, 0) is 6.54 Å². The Morgan fingerprint density at radius 3 is 2.26 bits per heavy atom. The zero-order valence-corrected chi connectivity index (χ0v) is 16.2. The smallest absolute Gasteiger partial charge is 0.357 e. The molecule has 6 nitrogen and oxygen atoms in total. The van der Waals surface area contributed by atoms with Gasteiger partial charge in [-0.1, -0.05) is 12.1 Å². The van der Waals surface area contributed by atoms with Crippen LogP contribution in [0.15, 0.2) is 29.3 Å². The Balaban J connectivity index is 2.57. The van der Waals surface area contributed by atoms with E-state index in [0.29, 0.717) is 31.2 Å². The van der Waals surface area contributed by atoms with Gasteiger partial charge in [0.25, 0.3) is 5.91 Å². The quantitative estimate of drug-likeness (QED) is 0.529. The van der Waals surface area contributed by atoms with E-state index in [0.717, 1.165) is 5.56 Å². The van der Waals surface area contributed by atoms with Gasteiger partial charge < -0.3 is 15.5 Å². The lowest BCUT2D eigenvalue weighted by Gasteiger charge is -2.19. The van der Waals surface area contributed by atoms with Crippen LogP contribution in [0.25, 0.3) is 0 Å². The molecule has 0 aliphatic carbocycles. The van der Waals surface area contributed by atoms with Gasteiger partial charge in [0, 0.05) is 39.3 Å². The summed E-state index contributed by atoms with van der Waals surface area (Å²) < 4.78 is 37.0. The van der Waals surface area contributed by atoms with Crippen LogP contribution in [0.2, 0.25) is 0 Å². The minimum Gasteiger partial charge on any atom is -0.357 e. The van der Waals surface area contributed by atoms with E-state index >= 15 is 0 Å². The average Bonchev–Trinajstić information content (AvgIpc) is 2.57. The summed E-state index contributed by atoms with van der Waals surface area (Å²) in [6.45, 7) is 2.58. The van der Waals surface area contributed by atoms with Crippen LogP contribution in [0.3, 0.4) is 0 Å². The van der Waals surface area contributed by atoms with Crippen LogP contribution >= 0.6 is 0 Å². The number of benzene rings is 1. The molecule has 1 amide bonds. The molecule has 0 heterocycles. The average molecular weight is 387 g/mol. The van der Waals surface area contributed by atoms with Crippen molar-refractivity contribution in [2.75, 3.05) is 47.3 Å². The number of rotatable bonds is 8. The largest absolute Gasteiger partial charge is 0.401 e. The van der Waals surface area contributed by atoms with Crippen LogP contribution in [0.1, 0.15) is 22.8 Å². The molecule has 1 rings (SSSR count). The molecule has 0 saturated carbocycles. The minimum absolute atomic E-state index is 0.0666. The first kappa shape index (κ1) is 22.8. The molecule has 0 unspecified atom stereocenters. The van der Waals surface area contributed by atoms with Crippen molar-refractivity contribution in [3.05, 3.63) is 35.4 Å². The third-order valence-electron chi connectivity index (χ3n) is 3.61. The lowest BCUT2D eigenvalue weighted by molar-refractivity contribution is -0.142. The zero-order valence-electron chi connectivity index (χ0n) is 16.2. The fourth-order valence-electron chi connectivity index (χ4n) is 2.27. The van der Waals surface area contributed by atoms with Gasteiger partial charge in [0.2, 0.25) is 0 Å². The van der Waals surface area contributed by atoms with Crippen LogP contribution in [0.4, 0.5) is 13.2 Å². The molecule has 0 atom stereocenters. The number of hydrogen-bond donors (Lipinski definition) is 2. The van der Waals surface area contributed by atoms with Crippen molar-refractivity contribution in [2.24, 2.45) is 4.99 Å². The highest BCUT2D eigenvalue weighted by atomic mass is 19.4. The van der Waals surface area contributed by atoms with E-state index in [1.54, 1.807) is 26.2 Å². The number of guanidine groups is 1. The topological polar surface area (TPSA) is 60.0 Å². The predicted octanol–water partition coefficient (Wildman–Crippen LogP) is 1.94. The lowest BCUT2D eigenvalue weighted by Crippen LogP contribution is -2.42. The molecule has 0 aliphatic rings. The highest BCUT2D eigenvalue weighted by molar-refractivity contribution is 5.93. The summed E-state index contributed by atoms with van der Waals surface area (Å²) in [6.07, 6.45) is -4.20. The number of likely N-dealkylation sites (N-methyl/N-ethyl adjacent to an activating group) is 1. The Hall–Kier alpha value is -2.29. The van der Waals surface area contributed by atoms with Crippen molar-refractivity contribution in [2.45, 2.75) is 19.6 Å². The third kappa shape index (κ3) is 9.28. The highest BCUT2D eigenvalue weighted by Gasteiger charge is 2.28. The van der Waals surface area contributed by atoms with E-state index in [9.17, 15) is 18.0 Å². The fraction of sp³-hybridized carbons (Fsp3) is 0.556. The van der Waals surface area contributed by atoms with E-state index in [4.69, 9.17) is 0 Å². The zero-order chi connectivity index (χ0) is 20.4. The summed E-state index contributed by atoms with van der Waals surface area (Å²) in [7, 11) is 4.82. The van der Waals surface area contributed by atoms with Crippen LogP contribution in [0, 0.1) is 0 Å². The summed E-state index contributed by atoms with van der Waals surface area (Å²) in [4.78, 5) is 19.0. The maximum atomic E-state index is 12.3. The second-order valence-electron chi connectivity index (χ2n) is 6.37. The standard InChI is InChI=1S/C18H28F3N5O/c1-5-22-17(23-10-11-26(4)13-18(19,20)21)24-12-14-6-8-15(9-7-14)16(27)25(2)3/h6-9H,5,10-13H2,1-4H3,(H2,22,23,24). The van der Waals surface area contributed by atoms with Gasteiger partial charge in [-0.15, -0.1) is 0 Å². The van der Waals surface area contributed by atoms with E-state index in [1.807, 2.05) is 19.1 Å². The first-order valence-electron chi connectivity index (χ1n) is 8.70. The molecular weight excluding hydrogens is 359 g/mol. The highest BCUT2D eigenvalue weighted by Crippen LogP contribution is 2.15. The van der Waals surface area contributed by atoms with Gasteiger partial charge >= 0.3 is 6.18 Å². The molecule has 0 aromatic heterocycles. The summed E-state index contributed by atoms with van der Waals surface area (Å²) in [5.41, 5.74) is 1.53. The molecule has 1 aromatic rings. The molecule has 0 bridgehead atoms. The van der Waals surface area contributed by atoms with Crippen molar-refractivity contribution in [1.82, 2.24) is 20.4 Å². The number of nitrogens with one attached hydrogen (secondary N) is 2. The van der Waals surface area contributed by atoms with E-state index < -0.39 is 12.7 Å². The van der Waals surface area contributed by atoms with E-state index in [1.165, 1.54) is 16.8 Å². The maximum absolute atomic E-state index is 12.3. The SMILES string of the molecule is CCNC(=NCc1ccc(C(=O)N(C)C)cc1)NCCN(C)CC(F)(F)F. The van der Waals surface area contributed by atoms with Gasteiger partial charge in [0.05, 0.1) is 13.1 Å². The number of carbonyl (C=O) groups is 1. The minimum atomic E-state index is -4.20.